The van der Waals surface area contributed by atoms with Crippen LogP contribution >= 0.6 is 11.6 Å². The van der Waals surface area contributed by atoms with Crippen LogP contribution in [-0.2, 0) is 11.2 Å². The Balaban J connectivity index is 1.76. The highest BCUT2D eigenvalue weighted by Crippen LogP contribution is 2.27. The summed E-state index contributed by atoms with van der Waals surface area (Å²) in [5.74, 6) is -0.312. The van der Waals surface area contributed by atoms with Crippen LogP contribution in [0, 0.1) is 17.0 Å². The molecule has 0 saturated carbocycles. The predicted octanol–water partition coefficient (Wildman–Crippen LogP) is 3.39. The summed E-state index contributed by atoms with van der Waals surface area (Å²) in [6.07, 6.45) is 3.71. The number of anilines is 1. The average molecular weight is 345 g/mol. The van der Waals surface area contributed by atoms with Crippen LogP contribution in [0.3, 0.4) is 0 Å². The lowest BCUT2D eigenvalue weighted by Crippen LogP contribution is -2.14. The van der Waals surface area contributed by atoms with Gasteiger partial charge in [-0.3, -0.25) is 14.9 Å². The minimum atomic E-state index is -0.594. The molecule has 0 saturated heterocycles. The SMILES string of the molecule is Cc1cccn2cc(CC(=O)Nc3ccc(Cl)c([N+](=O)[O-])c3)nc12. The summed E-state index contributed by atoms with van der Waals surface area (Å²) in [6.45, 7) is 1.94. The van der Waals surface area contributed by atoms with Crippen LogP contribution < -0.4 is 5.32 Å². The zero-order valence-electron chi connectivity index (χ0n) is 12.7. The smallest absolute Gasteiger partial charge is 0.289 e. The molecule has 0 spiro atoms. The molecule has 0 radical (unpaired) electrons. The first-order chi connectivity index (χ1) is 11.4. The van der Waals surface area contributed by atoms with Crippen LogP contribution in [0.5, 0.6) is 0 Å². The van der Waals surface area contributed by atoms with Gasteiger partial charge in [-0.15, -0.1) is 0 Å². The monoisotopic (exact) mass is 344 g/mol. The van der Waals surface area contributed by atoms with Crippen LogP contribution in [-0.4, -0.2) is 20.2 Å². The van der Waals surface area contributed by atoms with Crippen LogP contribution in [0.25, 0.3) is 5.65 Å². The van der Waals surface area contributed by atoms with Crippen molar-refractivity contribution in [3.8, 4) is 0 Å². The van der Waals surface area contributed by atoms with Crippen molar-refractivity contribution in [1.82, 2.24) is 9.38 Å². The van der Waals surface area contributed by atoms with Crippen molar-refractivity contribution in [1.29, 1.82) is 0 Å². The highest BCUT2D eigenvalue weighted by molar-refractivity contribution is 6.32. The second-order valence-electron chi connectivity index (χ2n) is 5.30. The van der Waals surface area contributed by atoms with Crippen LogP contribution in [0.2, 0.25) is 5.02 Å². The number of aromatic nitrogens is 2. The lowest BCUT2D eigenvalue weighted by Gasteiger charge is -2.04. The van der Waals surface area contributed by atoms with E-state index in [4.69, 9.17) is 11.6 Å². The fourth-order valence-corrected chi connectivity index (χ4v) is 2.58. The minimum Gasteiger partial charge on any atom is -0.325 e. The normalized spacial score (nSPS) is 10.8. The van der Waals surface area contributed by atoms with Gasteiger partial charge >= 0.3 is 0 Å². The average Bonchev–Trinajstić information content (AvgIpc) is 2.92. The Bertz CT molecular complexity index is 952. The Labute approximate surface area is 142 Å². The van der Waals surface area contributed by atoms with Crippen molar-refractivity contribution in [3.05, 3.63) is 69.1 Å². The molecule has 122 valence electrons. The molecule has 0 aliphatic carbocycles. The summed E-state index contributed by atoms with van der Waals surface area (Å²) in [5.41, 5.74) is 2.49. The maximum absolute atomic E-state index is 12.1. The molecule has 7 nitrogen and oxygen atoms in total. The van der Waals surface area contributed by atoms with E-state index >= 15 is 0 Å². The number of carbonyl (C=O) groups is 1. The summed E-state index contributed by atoms with van der Waals surface area (Å²) >= 11 is 5.75. The molecule has 0 atom stereocenters. The molecule has 0 aliphatic heterocycles. The second-order valence-corrected chi connectivity index (χ2v) is 5.71. The first-order valence-corrected chi connectivity index (χ1v) is 7.49. The topological polar surface area (TPSA) is 89.5 Å². The number of hydrogen-bond acceptors (Lipinski definition) is 4. The van der Waals surface area contributed by atoms with Crippen LogP contribution in [0.4, 0.5) is 11.4 Å². The zero-order valence-corrected chi connectivity index (χ0v) is 13.4. The number of halogens is 1. The molecule has 3 rings (SSSR count). The molecule has 0 fully saturated rings. The largest absolute Gasteiger partial charge is 0.325 e. The third-order valence-corrected chi connectivity index (χ3v) is 3.82. The molecule has 0 bridgehead atoms. The Kier molecular flexibility index (Phi) is 4.18. The summed E-state index contributed by atoms with van der Waals surface area (Å²) in [7, 11) is 0. The van der Waals surface area contributed by atoms with Gasteiger partial charge in [0.15, 0.2) is 0 Å². The Morgan fingerprint density at radius 1 is 1.42 bits per heavy atom. The van der Waals surface area contributed by atoms with E-state index in [0.29, 0.717) is 11.4 Å². The Hall–Kier alpha value is -2.93. The highest BCUT2D eigenvalue weighted by atomic mass is 35.5. The maximum atomic E-state index is 12.1. The van der Waals surface area contributed by atoms with Crippen LogP contribution in [0.15, 0.2) is 42.7 Å². The number of imidazole rings is 1. The number of pyridine rings is 1. The van der Waals surface area contributed by atoms with Gasteiger partial charge in [-0.05, 0) is 30.7 Å². The van der Waals surface area contributed by atoms with Crippen molar-refractivity contribution >= 4 is 34.5 Å². The van der Waals surface area contributed by atoms with Gasteiger partial charge in [0.25, 0.3) is 5.69 Å². The lowest BCUT2D eigenvalue weighted by atomic mass is 10.2. The minimum absolute atomic E-state index is 0.0221. The quantitative estimate of drug-likeness (QED) is 0.580. The van der Waals surface area contributed by atoms with Crippen molar-refractivity contribution in [2.24, 2.45) is 0 Å². The van der Waals surface area contributed by atoms with Crippen molar-refractivity contribution in [2.75, 3.05) is 5.32 Å². The predicted molar refractivity (Wildman–Crippen MR) is 90.4 cm³/mol. The fraction of sp³-hybridized carbons (Fsp3) is 0.125. The molecule has 2 heterocycles. The first kappa shape index (κ1) is 15.9. The summed E-state index contributed by atoms with van der Waals surface area (Å²) in [5, 5.41) is 13.5. The molecule has 2 aromatic heterocycles. The molecule has 1 amide bonds. The number of nitrogens with one attached hydrogen (secondary N) is 1. The number of benzene rings is 1. The van der Waals surface area contributed by atoms with E-state index in [9.17, 15) is 14.9 Å². The first-order valence-electron chi connectivity index (χ1n) is 7.11. The van der Waals surface area contributed by atoms with E-state index in [1.807, 2.05) is 29.7 Å². The molecule has 1 aromatic carbocycles. The van der Waals surface area contributed by atoms with Gasteiger partial charge in [0, 0.05) is 24.1 Å². The van der Waals surface area contributed by atoms with E-state index in [2.05, 4.69) is 10.3 Å². The van der Waals surface area contributed by atoms with Gasteiger partial charge in [0.2, 0.25) is 5.91 Å². The van der Waals surface area contributed by atoms with E-state index in [-0.39, 0.29) is 23.0 Å². The number of carbonyl (C=O) groups excluding carboxylic acids is 1. The van der Waals surface area contributed by atoms with Gasteiger partial charge < -0.3 is 9.72 Å². The van der Waals surface area contributed by atoms with Gasteiger partial charge in [-0.25, -0.2) is 4.98 Å². The fourth-order valence-electron chi connectivity index (χ4n) is 2.39. The standard InChI is InChI=1S/C16H13ClN4O3/c1-10-3-2-6-20-9-12(19-16(10)20)8-15(22)18-11-4-5-13(17)14(7-11)21(23)24/h2-7,9H,8H2,1H3,(H,18,22). The van der Waals surface area contributed by atoms with Gasteiger partial charge in [0.1, 0.15) is 10.7 Å². The number of nitro benzene ring substituents is 1. The van der Waals surface area contributed by atoms with Crippen molar-refractivity contribution in [2.45, 2.75) is 13.3 Å². The Morgan fingerprint density at radius 3 is 2.92 bits per heavy atom. The summed E-state index contributed by atoms with van der Waals surface area (Å²) in [6, 6.07) is 7.97. The number of amides is 1. The maximum Gasteiger partial charge on any atom is 0.289 e. The van der Waals surface area contributed by atoms with Gasteiger partial charge in [-0.1, -0.05) is 17.7 Å². The van der Waals surface area contributed by atoms with Gasteiger partial charge in [-0.2, -0.15) is 0 Å². The summed E-state index contributed by atoms with van der Waals surface area (Å²) in [4.78, 5) is 26.9. The molecule has 1 N–H and O–H groups in total. The zero-order chi connectivity index (χ0) is 17.3. The number of fused-ring (bicyclic) bond motifs is 1. The van der Waals surface area contributed by atoms with Crippen molar-refractivity contribution < 1.29 is 9.72 Å². The number of hydrogen-bond donors (Lipinski definition) is 1. The third kappa shape index (κ3) is 3.21. The lowest BCUT2D eigenvalue weighted by molar-refractivity contribution is -0.384. The summed E-state index contributed by atoms with van der Waals surface area (Å²) < 4.78 is 1.85. The van der Waals surface area contributed by atoms with E-state index in [1.54, 1.807) is 6.20 Å². The van der Waals surface area contributed by atoms with E-state index < -0.39 is 4.92 Å². The third-order valence-electron chi connectivity index (χ3n) is 3.50. The Morgan fingerprint density at radius 2 is 2.21 bits per heavy atom. The molecular weight excluding hydrogens is 332 g/mol. The van der Waals surface area contributed by atoms with Gasteiger partial charge in [0.05, 0.1) is 17.0 Å². The van der Waals surface area contributed by atoms with Crippen molar-refractivity contribution in [3.63, 3.8) is 0 Å². The number of rotatable bonds is 4. The molecule has 3 aromatic rings. The highest BCUT2D eigenvalue weighted by Gasteiger charge is 2.15. The second kappa shape index (κ2) is 6.29. The number of aryl methyl sites for hydroxylation is 1. The van der Waals surface area contributed by atoms with Crippen LogP contribution in [0.1, 0.15) is 11.3 Å². The molecule has 24 heavy (non-hydrogen) atoms. The van der Waals surface area contributed by atoms with E-state index in [0.717, 1.165) is 11.2 Å². The van der Waals surface area contributed by atoms with E-state index in [1.165, 1.54) is 18.2 Å². The molecular formula is C16H13ClN4O3. The number of nitro groups is 1. The molecule has 0 unspecified atom stereocenters. The molecule has 8 heteroatoms. The molecule has 0 aliphatic rings. The number of nitrogens with zero attached hydrogens (tertiary/aromatic N) is 3.